The number of rotatable bonds is 7. The molecule has 0 unspecified atom stereocenters. The van der Waals surface area contributed by atoms with Crippen LogP contribution in [0.3, 0.4) is 0 Å². The highest BCUT2D eigenvalue weighted by molar-refractivity contribution is 5.81. The summed E-state index contributed by atoms with van der Waals surface area (Å²) >= 11 is 0. The lowest BCUT2D eigenvalue weighted by Gasteiger charge is -2.20. The molecule has 1 heterocycles. The first-order valence-corrected chi connectivity index (χ1v) is 12.4. The minimum absolute atomic E-state index is 0.151. The van der Waals surface area contributed by atoms with Crippen molar-refractivity contribution in [3.8, 4) is 22.3 Å². The van der Waals surface area contributed by atoms with Gasteiger partial charge in [0.05, 0.1) is 0 Å². The topological polar surface area (TPSA) is 37.0 Å². The van der Waals surface area contributed by atoms with E-state index in [0.29, 0.717) is 17.2 Å². The van der Waals surface area contributed by atoms with Gasteiger partial charge in [-0.15, -0.1) is 0 Å². The second-order valence-electron chi connectivity index (χ2n) is 9.90. The summed E-state index contributed by atoms with van der Waals surface area (Å²) in [6, 6.07) is 12.9. The lowest BCUT2D eigenvalue weighted by atomic mass is 9.87. The molecule has 2 aliphatic carbocycles. The Kier molecular flexibility index (Phi) is 6.09. The molecule has 0 aliphatic heterocycles. The van der Waals surface area contributed by atoms with Crippen molar-refractivity contribution in [3.05, 3.63) is 65.1 Å². The molecule has 0 radical (unpaired) electrons. The first kappa shape index (κ1) is 21.9. The Hall–Kier alpha value is -2.88. The molecule has 2 aliphatic rings. The zero-order valence-electron chi connectivity index (χ0n) is 20.0. The minimum atomic E-state index is -0.151. The van der Waals surface area contributed by atoms with Gasteiger partial charge >= 0.3 is 0 Å². The first-order chi connectivity index (χ1) is 16.0. The van der Waals surface area contributed by atoms with Crippen LogP contribution in [0.15, 0.2) is 42.6 Å². The van der Waals surface area contributed by atoms with Crippen molar-refractivity contribution in [1.82, 2.24) is 4.98 Å². The van der Waals surface area contributed by atoms with Crippen molar-refractivity contribution >= 4 is 11.5 Å². The third-order valence-electron chi connectivity index (χ3n) is 7.46. The van der Waals surface area contributed by atoms with E-state index in [1.165, 1.54) is 38.5 Å². The quantitative estimate of drug-likeness (QED) is 0.394. The Bertz CT molecular complexity index is 1100. The van der Waals surface area contributed by atoms with Crippen LogP contribution in [0.2, 0.25) is 0 Å². The van der Waals surface area contributed by atoms with Gasteiger partial charge in [-0.3, -0.25) is 0 Å². The van der Waals surface area contributed by atoms with Crippen LogP contribution >= 0.6 is 0 Å². The van der Waals surface area contributed by atoms with Crippen LogP contribution in [-0.2, 0) is 0 Å². The molecule has 2 aromatic carbocycles. The third kappa shape index (κ3) is 4.62. The summed E-state index contributed by atoms with van der Waals surface area (Å²) in [6.07, 6.45) is 9.45. The standard InChI is InChI=1S/C29H34FN3/c1-18-19(2)28(23-12-15-26(32-17-23)33-25-6-4-5-7-25)29(30)20(3)27(18)22-10-13-24(14-11-22)31-16-21-8-9-21/h10-15,17,21,25,31H,4-9,16H2,1-3H3,(H,32,33). The molecule has 0 atom stereocenters. The second kappa shape index (κ2) is 9.17. The van der Waals surface area contributed by atoms with E-state index in [-0.39, 0.29) is 5.82 Å². The van der Waals surface area contributed by atoms with Gasteiger partial charge in [-0.25, -0.2) is 9.37 Å². The van der Waals surface area contributed by atoms with E-state index >= 15 is 4.39 Å². The van der Waals surface area contributed by atoms with Gasteiger partial charge in [0.25, 0.3) is 0 Å². The van der Waals surface area contributed by atoms with Crippen LogP contribution in [-0.4, -0.2) is 17.6 Å². The van der Waals surface area contributed by atoms with Crippen LogP contribution in [0, 0.1) is 32.5 Å². The number of anilines is 2. The van der Waals surface area contributed by atoms with E-state index in [4.69, 9.17) is 0 Å². The van der Waals surface area contributed by atoms with Crippen LogP contribution < -0.4 is 10.6 Å². The molecule has 4 heteroatoms. The highest BCUT2D eigenvalue weighted by Crippen LogP contribution is 2.39. The fourth-order valence-electron chi connectivity index (χ4n) is 5.14. The molecule has 0 bridgehead atoms. The molecule has 2 saturated carbocycles. The number of halogens is 1. The number of hydrogen-bond acceptors (Lipinski definition) is 3. The van der Waals surface area contributed by atoms with Gasteiger partial charge in [-0.1, -0.05) is 25.0 Å². The maximum atomic E-state index is 15.7. The monoisotopic (exact) mass is 443 g/mol. The van der Waals surface area contributed by atoms with E-state index in [1.54, 1.807) is 0 Å². The summed E-state index contributed by atoms with van der Waals surface area (Å²) in [5.41, 5.74) is 7.47. The molecule has 172 valence electrons. The summed E-state index contributed by atoms with van der Waals surface area (Å²) in [5.74, 6) is 1.56. The van der Waals surface area contributed by atoms with Crippen LogP contribution in [0.1, 0.15) is 55.2 Å². The lowest BCUT2D eigenvalue weighted by molar-refractivity contribution is 0.621. The van der Waals surface area contributed by atoms with Gasteiger partial charge in [-0.2, -0.15) is 0 Å². The first-order valence-electron chi connectivity index (χ1n) is 12.4. The summed E-state index contributed by atoms with van der Waals surface area (Å²) in [6.45, 7) is 7.06. The van der Waals surface area contributed by atoms with E-state index in [2.05, 4.69) is 46.8 Å². The van der Waals surface area contributed by atoms with Crippen LogP contribution in [0.5, 0.6) is 0 Å². The van der Waals surface area contributed by atoms with E-state index in [9.17, 15) is 0 Å². The maximum absolute atomic E-state index is 15.7. The Morgan fingerprint density at radius 3 is 2.12 bits per heavy atom. The fourth-order valence-corrected chi connectivity index (χ4v) is 5.14. The van der Waals surface area contributed by atoms with Crippen LogP contribution in [0.25, 0.3) is 22.3 Å². The van der Waals surface area contributed by atoms with Gasteiger partial charge < -0.3 is 10.6 Å². The molecule has 3 aromatic rings. The predicted molar refractivity (Wildman–Crippen MR) is 136 cm³/mol. The highest BCUT2D eigenvalue weighted by Gasteiger charge is 2.22. The van der Waals surface area contributed by atoms with Crippen molar-refractivity contribution in [2.75, 3.05) is 17.2 Å². The van der Waals surface area contributed by atoms with Crippen molar-refractivity contribution in [2.24, 2.45) is 5.92 Å². The number of nitrogens with zero attached hydrogens (tertiary/aromatic N) is 1. The number of hydrogen-bond donors (Lipinski definition) is 2. The minimum Gasteiger partial charge on any atom is -0.385 e. The average molecular weight is 444 g/mol. The summed E-state index contributed by atoms with van der Waals surface area (Å²) in [7, 11) is 0. The number of aromatic nitrogens is 1. The molecule has 0 amide bonds. The smallest absolute Gasteiger partial charge is 0.134 e. The van der Waals surface area contributed by atoms with Gasteiger partial charge in [0.2, 0.25) is 0 Å². The second-order valence-corrected chi connectivity index (χ2v) is 9.90. The zero-order valence-corrected chi connectivity index (χ0v) is 20.0. The SMILES string of the molecule is Cc1c(C)c(-c2ccc(NC3CCCC3)nc2)c(F)c(C)c1-c1ccc(NCC2CC2)cc1. The molecule has 1 aromatic heterocycles. The largest absolute Gasteiger partial charge is 0.385 e. The summed E-state index contributed by atoms with van der Waals surface area (Å²) < 4.78 is 15.7. The van der Waals surface area contributed by atoms with Gasteiger partial charge in [-0.05, 0) is 104 Å². The zero-order chi connectivity index (χ0) is 22.9. The van der Waals surface area contributed by atoms with Crippen molar-refractivity contribution in [1.29, 1.82) is 0 Å². The number of nitrogens with one attached hydrogen (secondary N) is 2. The molecule has 2 fully saturated rings. The van der Waals surface area contributed by atoms with E-state index in [1.807, 2.05) is 32.2 Å². The van der Waals surface area contributed by atoms with Crippen molar-refractivity contribution in [3.63, 3.8) is 0 Å². The summed E-state index contributed by atoms with van der Waals surface area (Å²) in [5, 5.41) is 7.02. The molecule has 3 nitrogen and oxygen atoms in total. The molecule has 2 N–H and O–H groups in total. The lowest BCUT2D eigenvalue weighted by Crippen LogP contribution is -2.15. The number of pyridine rings is 1. The molecule has 0 spiro atoms. The molecule has 0 saturated heterocycles. The van der Waals surface area contributed by atoms with Gasteiger partial charge in [0.15, 0.2) is 0 Å². The van der Waals surface area contributed by atoms with Gasteiger partial charge in [0, 0.05) is 35.6 Å². The molecule has 5 rings (SSSR count). The molecule has 33 heavy (non-hydrogen) atoms. The van der Waals surface area contributed by atoms with Crippen molar-refractivity contribution in [2.45, 2.75) is 65.3 Å². The van der Waals surface area contributed by atoms with E-state index in [0.717, 1.165) is 51.8 Å². The molecular weight excluding hydrogens is 409 g/mol. The van der Waals surface area contributed by atoms with Crippen LogP contribution in [0.4, 0.5) is 15.9 Å². The van der Waals surface area contributed by atoms with Crippen molar-refractivity contribution < 1.29 is 4.39 Å². The Labute approximate surface area is 196 Å². The normalized spacial score (nSPS) is 16.2. The third-order valence-corrected chi connectivity index (χ3v) is 7.46. The highest BCUT2D eigenvalue weighted by atomic mass is 19.1. The van der Waals surface area contributed by atoms with Gasteiger partial charge in [0.1, 0.15) is 11.6 Å². The fraction of sp³-hybridized carbons (Fsp3) is 0.414. The molecular formula is C29H34FN3. The maximum Gasteiger partial charge on any atom is 0.134 e. The number of benzene rings is 2. The Balaban J connectivity index is 1.42. The predicted octanol–water partition coefficient (Wildman–Crippen LogP) is 7.66. The Morgan fingerprint density at radius 2 is 1.48 bits per heavy atom. The Morgan fingerprint density at radius 1 is 0.818 bits per heavy atom. The summed E-state index contributed by atoms with van der Waals surface area (Å²) in [4.78, 5) is 4.60. The van der Waals surface area contributed by atoms with E-state index < -0.39 is 0 Å². The average Bonchev–Trinajstić information content (AvgIpc) is 3.52.